The van der Waals surface area contributed by atoms with Crippen molar-refractivity contribution in [2.75, 3.05) is 0 Å². The van der Waals surface area contributed by atoms with E-state index in [1.165, 1.54) is 0 Å². The van der Waals surface area contributed by atoms with E-state index in [0.29, 0.717) is 12.8 Å². The van der Waals surface area contributed by atoms with E-state index in [1.807, 2.05) is 24.4 Å². The summed E-state index contributed by atoms with van der Waals surface area (Å²) in [5.41, 5.74) is 3.79. The molecule has 4 nitrogen and oxygen atoms in total. The number of aryl methyl sites for hydroxylation is 1. The van der Waals surface area contributed by atoms with Gasteiger partial charge < -0.3 is 4.98 Å². The Morgan fingerprint density at radius 2 is 2.23 bits per heavy atom. The Morgan fingerprint density at radius 3 is 2.91 bits per heavy atom. The normalized spacial score (nSPS) is 11.0. The van der Waals surface area contributed by atoms with Crippen molar-refractivity contribution in [1.82, 2.24) is 19.9 Å². The van der Waals surface area contributed by atoms with Crippen LogP contribution in [-0.2, 0) is 19.3 Å². The lowest BCUT2D eigenvalue weighted by Gasteiger charge is -2.05. The van der Waals surface area contributed by atoms with Gasteiger partial charge in [0.05, 0.1) is 16.1 Å². The Morgan fingerprint density at radius 1 is 1.36 bits per heavy atom. The van der Waals surface area contributed by atoms with E-state index in [1.54, 1.807) is 6.20 Å². The van der Waals surface area contributed by atoms with Crippen LogP contribution < -0.4 is 0 Å². The lowest BCUT2D eigenvalue weighted by molar-refractivity contribution is 0.941. The molecule has 0 fully saturated rings. The van der Waals surface area contributed by atoms with E-state index in [-0.39, 0.29) is 0 Å². The van der Waals surface area contributed by atoms with Crippen LogP contribution in [0.5, 0.6) is 0 Å². The molecule has 0 bridgehead atoms. The number of fused-ring (bicyclic) bond motifs is 1. The molecule has 0 amide bonds. The summed E-state index contributed by atoms with van der Waals surface area (Å²) in [6.07, 6.45) is 7.58. The fourth-order valence-corrected chi connectivity index (χ4v) is 2.90. The minimum atomic E-state index is 0.645. The predicted octanol–water partition coefficient (Wildman–Crippen LogP) is 3.89. The summed E-state index contributed by atoms with van der Waals surface area (Å²) in [6.45, 7) is 5.87. The maximum atomic E-state index is 6.46. The number of hydrogen-bond acceptors (Lipinski definition) is 3. The molecule has 3 aromatic heterocycles. The molecule has 0 aliphatic rings. The van der Waals surface area contributed by atoms with Gasteiger partial charge in [0, 0.05) is 30.9 Å². The molecule has 0 spiro atoms. The van der Waals surface area contributed by atoms with E-state index in [2.05, 4.69) is 33.4 Å². The molecule has 3 aromatic rings. The third-order valence-electron chi connectivity index (χ3n) is 3.56. The summed E-state index contributed by atoms with van der Waals surface area (Å²) in [7, 11) is 0. The quantitative estimate of drug-likeness (QED) is 0.727. The Bertz CT molecular complexity index is 808. The summed E-state index contributed by atoms with van der Waals surface area (Å²) in [6, 6.07) is 3.94. The number of nitrogens with one attached hydrogen (secondary N) is 1. The predicted molar refractivity (Wildman–Crippen MR) is 89.2 cm³/mol. The van der Waals surface area contributed by atoms with Crippen LogP contribution in [-0.4, -0.2) is 19.9 Å². The van der Waals surface area contributed by atoms with Crippen LogP contribution >= 0.6 is 11.6 Å². The summed E-state index contributed by atoms with van der Waals surface area (Å²) in [5, 5.41) is 1.63. The Balaban J connectivity index is 2.10. The fourth-order valence-electron chi connectivity index (χ4n) is 2.52. The third-order valence-corrected chi connectivity index (χ3v) is 3.98. The molecular formula is C17H17ClN4. The highest BCUT2D eigenvalue weighted by atomic mass is 35.5. The van der Waals surface area contributed by atoms with Gasteiger partial charge in [-0.25, -0.2) is 9.97 Å². The molecule has 5 heteroatoms. The van der Waals surface area contributed by atoms with Crippen molar-refractivity contribution >= 4 is 22.6 Å². The average molecular weight is 313 g/mol. The minimum absolute atomic E-state index is 0.645. The number of hydrogen-bond donors (Lipinski definition) is 1. The molecule has 0 radical (unpaired) electrons. The van der Waals surface area contributed by atoms with Gasteiger partial charge in [-0.3, -0.25) is 4.98 Å². The van der Waals surface area contributed by atoms with Crippen LogP contribution in [0.25, 0.3) is 11.0 Å². The van der Waals surface area contributed by atoms with E-state index >= 15 is 0 Å². The summed E-state index contributed by atoms with van der Waals surface area (Å²) >= 11 is 6.46. The molecule has 0 saturated heterocycles. The Labute approximate surface area is 134 Å². The molecule has 3 rings (SSSR count). The monoisotopic (exact) mass is 312 g/mol. The number of halogens is 1. The largest absolute Gasteiger partial charge is 0.342 e. The molecule has 0 aliphatic heterocycles. The molecule has 1 N–H and O–H groups in total. The van der Waals surface area contributed by atoms with Gasteiger partial charge in [0.1, 0.15) is 11.5 Å². The van der Waals surface area contributed by atoms with Crippen molar-refractivity contribution in [1.29, 1.82) is 0 Å². The van der Waals surface area contributed by atoms with Gasteiger partial charge in [-0.05, 0) is 18.1 Å². The summed E-state index contributed by atoms with van der Waals surface area (Å²) < 4.78 is 0. The third kappa shape index (κ3) is 2.74. The molecule has 0 atom stereocenters. The van der Waals surface area contributed by atoms with E-state index < -0.39 is 0 Å². The van der Waals surface area contributed by atoms with Crippen LogP contribution in [0.2, 0.25) is 5.02 Å². The standard InChI is InChI=1S/C17H17ClN4/c1-3-6-13-15-16(18)12(4-2)21-17(15)22-14(20-13)9-11-7-5-8-19-10-11/h3,5,7-8,10H,1,4,6,9H2,2H3,(H,20,21,22). The van der Waals surface area contributed by atoms with Crippen LogP contribution in [0.3, 0.4) is 0 Å². The lowest BCUT2D eigenvalue weighted by atomic mass is 10.1. The molecule has 112 valence electrons. The highest BCUT2D eigenvalue weighted by Crippen LogP contribution is 2.29. The molecule has 3 heterocycles. The van der Waals surface area contributed by atoms with Crippen molar-refractivity contribution in [2.24, 2.45) is 0 Å². The molecule has 22 heavy (non-hydrogen) atoms. The number of allylic oxidation sites excluding steroid dienone is 1. The van der Waals surface area contributed by atoms with Crippen LogP contribution in [0.4, 0.5) is 0 Å². The highest BCUT2D eigenvalue weighted by Gasteiger charge is 2.15. The van der Waals surface area contributed by atoms with Crippen molar-refractivity contribution in [3.8, 4) is 0 Å². The number of pyridine rings is 1. The zero-order valence-electron chi connectivity index (χ0n) is 12.4. The van der Waals surface area contributed by atoms with Gasteiger partial charge in [-0.15, -0.1) is 6.58 Å². The van der Waals surface area contributed by atoms with Crippen LogP contribution in [0.1, 0.15) is 29.7 Å². The first-order valence-electron chi connectivity index (χ1n) is 7.28. The maximum absolute atomic E-state index is 6.46. The Hall–Kier alpha value is -2.20. The van der Waals surface area contributed by atoms with Gasteiger partial charge in [0.15, 0.2) is 0 Å². The fraction of sp³-hybridized carbons (Fsp3) is 0.235. The van der Waals surface area contributed by atoms with Crippen molar-refractivity contribution < 1.29 is 0 Å². The number of nitrogens with zero attached hydrogens (tertiary/aromatic N) is 3. The second-order valence-electron chi connectivity index (χ2n) is 5.11. The van der Waals surface area contributed by atoms with E-state index in [9.17, 15) is 0 Å². The molecule has 0 unspecified atom stereocenters. The number of H-pyrrole nitrogens is 1. The second-order valence-corrected chi connectivity index (χ2v) is 5.49. The topological polar surface area (TPSA) is 54.5 Å². The van der Waals surface area contributed by atoms with Crippen molar-refractivity contribution in [3.63, 3.8) is 0 Å². The van der Waals surface area contributed by atoms with Crippen LogP contribution in [0, 0.1) is 0 Å². The summed E-state index contributed by atoms with van der Waals surface area (Å²) in [5.74, 6) is 0.762. The van der Waals surface area contributed by atoms with Crippen LogP contribution in [0.15, 0.2) is 37.2 Å². The number of aromatic nitrogens is 4. The number of aromatic amines is 1. The zero-order valence-corrected chi connectivity index (χ0v) is 13.2. The van der Waals surface area contributed by atoms with E-state index in [4.69, 9.17) is 11.6 Å². The average Bonchev–Trinajstić information content (AvgIpc) is 2.85. The minimum Gasteiger partial charge on any atom is -0.342 e. The van der Waals surface area contributed by atoms with E-state index in [0.717, 1.165) is 45.3 Å². The maximum Gasteiger partial charge on any atom is 0.143 e. The SMILES string of the molecule is C=CCc1nc(Cc2cccnc2)nc2[nH]c(CC)c(Cl)c12. The first-order chi connectivity index (χ1) is 10.7. The molecular weight excluding hydrogens is 296 g/mol. The smallest absolute Gasteiger partial charge is 0.143 e. The Kier molecular flexibility index (Phi) is 4.20. The van der Waals surface area contributed by atoms with Gasteiger partial charge in [-0.1, -0.05) is 30.7 Å². The van der Waals surface area contributed by atoms with Gasteiger partial charge >= 0.3 is 0 Å². The zero-order chi connectivity index (χ0) is 15.5. The number of rotatable bonds is 5. The van der Waals surface area contributed by atoms with Crippen molar-refractivity contribution in [2.45, 2.75) is 26.2 Å². The highest BCUT2D eigenvalue weighted by molar-refractivity contribution is 6.36. The molecule has 0 aliphatic carbocycles. The summed E-state index contributed by atoms with van der Waals surface area (Å²) in [4.78, 5) is 16.7. The first kappa shape index (κ1) is 14.7. The van der Waals surface area contributed by atoms with Gasteiger partial charge in [0.2, 0.25) is 0 Å². The van der Waals surface area contributed by atoms with Gasteiger partial charge in [0.25, 0.3) is 0 Å². The lowest BCUT2D eigenvalue weighted by Crippen LogP contribution is -2.01. The molecule has 0 saturated carbocycles. The van der Waals surface area contributed by atoms with Gasteiger partial charge in [-0.2, -0.15) is 0 Å². The first-order valence-corrected chi connectivity index (χ1v) is 7.66. The molecule has 0 aromatic carbocycles. The second kappa shape index (κ2) is 6.28. The van der Waals surface area contributed by atoms with Crippen molar-refractivity contribution in [3.05, 3.63) is 65.0 Å².